The van der Waals surface area contributed by atoms with Gasteiger partial charge in [-0.15, -0.1) is 0 Å². The molecule has 0 atom stereocenters. The van der Waals surface area contributed by atoms with Gasteiger partial charge in [0.25, 0.3) is 10.0 Å². The minimum atomic E-state index is -3.77. The molecule has 2 aromatic rings. The predicted octanol–water partition coefficient (Wildman–Crippen LogP) is 4.36. The van der Waals surface area contributed by atoms with Crippen LogP contribution in [-0.2, 0) is 16.4 Å². The maximum atomic E-state index is 12.4. The Bertz CT molecular complexity index is 730. The van der Waals surface area contributed by atoms with E-state index in [9.17, 15) is 8.42 Å². The molecule has 0 aliphatic heterocycles. The Kier molecular flexibility index (Phi) is 4.58. The Labute approximate surface area is 128 Å². The first-order chi connectivity index (χ1) is 9.45. The molecule has 0 aliphatic rings. The number of benzene rings is 2. The molecule has 106 valence electrons. The summed E-state index contributed by atoms with van der Waals surface area (Å²) in [6.45, 7) is 1.96. The molecule has 0 unspecified atom stereocenters. The number of anilines is 1. The zero-order chi connectivity index (χ0) is 14.8. The summed E-state index contributed by atoms with van der Waals surface area (Å²) in [7, 11) is -3.77. The van der Waals surface area contributed by atoms with Crippen LogP contribution in [0.1, 0.15) is 12.5 Å². The molecular weight excluding hydrogens is 317 g/mol. The van der Waals surface area contributed by atoms with Gasteiger partial charge >= 0.3 is 0 Å². The Morgan fingerprint density at radius 1 is 1.05 bits per heavy atom. The van der Waals surface area contributed by atoms with Crippen molar-refractivity contribution >= 4 is 38.9 Å². The van der Waals surface area contributed by atoms with E-state index in [0.717, 1.165) is 12.0 Å². The fraction of sp³-hybridized carbons (Fsp3) is 0.143. The van der Waals surface area contributed by atoms with Crippen molar-refractivity contribution in [3.8, 4) is 0 Å². The van der Waals surface area contributed by atoms with E-state index in [-0.39, 0.29) is 14.9 Å². The van der Waals surface area contributed by atoms with E-state index in [1.807, 2.05) is 19.1 Å². The molecule has 3 nitrogen and oxygen atoms in total. The Balaban J connectivity index is 2.44. The number of sulfonamides is 1. The lowest BCUT2D eigenvalue weighted by molar-refractivity contribution is 0.601. The van der Waals surface area contributed by atoms with Gasteiger partial charge in [-0.05, 0) is 30.2 Å². The number of nitrogens with one attached hydrogen (secondary N) is 1. The number of para-hydroxylation sites is 1. The van der Waals surface area contributed by atoms with Gasteiger partial charge in [0, 0.05) is 0 Å². The first-order valence-corrected chi connectivity index (χ1v) is 8.24. The van der Waals surface area contributed by atoms with Crippen LogP contribution in [0.5, 0.6) is 0 Å². The molecule has 1 N–H and O–H groups in total. The molecule has 0 spiro atoms. The summed E-state index contributed by atoms with van der Waals surface area (Å²) in [5.41, 5.74) is 1.46. The molecule has 0 radical (unpaired) electrons. The molecule has 0 saturated carbocycles. The standard InChI is InChI=1S/C14H13Cl2NO2S/c1-2-10-6-3-4-8-12(10)17-20(18,19)13-9-5-7-11(15)14(13)16/h3-9,17H,2H2,1H3. The number of halogens is 2. The number of hydrogen-bond acceptors (Lipinski definition) is 2. The third-order valence-electron chi connectivity index (χ3n) is 2.85. The maximum Gasteiger partial charge on any atom is 0.263 e. The Morgan fingerprint density at radius 2 is 1.75 bits per heavy atom. The highest BCUT2D eigenvalue weighted by atomic mass is 35.5. The molecule has 2 rings (SSSR count). The van der Waals surface area contributed by atoms with Gasteiger partial charge in [0.15, 0.2) is 0 Å². The van der Waals surface area contributed by atoms with E-state index in [4.69, 9.17) is 23.2 Å². The summed E-state index contributed by atoms with van der Waals surface area (Å²) < 4.78 is 27.3. The first kappa shape index (κ1) is 15.2. The van der Waals surface area contributed by atoms with Gasteiger partial charge in [-0.1, -0.05) is 54.4 Å². The second-order valence-corrected chi connectivity index (χ2v) is 6.60. The van der Waals surface area contributed by atoms with Crippen LogP contribution < -0.4 is 4.72 Å². The van der Waals surface area contributed by atoms with Crippen LogP contribution in [0, 0.1) is 0 Å². The second kappa shape index (κ2) is 6.04. The second-order valence-electron chi connectivity index (χ2n) is 4.17. The highest BCUT2D eigenvalue weighted by Crippen LogP contribution is 2.30. The van der Waals surface area contributed by atoms with E-state index in [1.54, 1.807) is 24.3 Å². The van der Waals surface area contributed by atoms with Crippen LogP contribution >= 0.6 is 23.2 Å². The SMILES string of the molecule is CCc1ccccc1NS(=O)(=O)c1cccc(Cl)c1Cl. The molecule has 6 heteroatoms. The molecule has 0 amide bonds. The number of rotatable bonds is 4. The van der Waals surface area contributed by atoms with Crippen molar-refractivity contribution in [2.45, 2.75) is 18.2 Å². The summed E-state index contributed by atoms with van der Waals surface area (Å²) in [6, 6.07) is 11.7. The van der Waals surface area contributed by atoms with Crippen molar-refractivity contribution in [2.24, 2.45) is 0 Å². The van der Waals surface area contributed by atoms with Crippen LogP contribution in [0.15, 0.2) is 47.4 Å². The van der Waals surface area contributed by atoms with Gasteiger partial charge in [0.2, 0.25) is 0 Å². The van der Waals surface area contributed by atoms with Crippen LogP contribution in [0.4, 0.5) is 5.69 Å². The fourth-order valence-corrected chi connectivity index (χ4v) is 3.68. The van der Waals surface area contributed by atoms with Gasteiger partial charge in [-0.2, -0.15) is 0 Å². The van der Waals surface area contributed by atoms with E-state index in [1.165, 1.54) is 6.07 Å². The van der Waals surface area contributed by atoms with Crippen LogP contribution in [0.25, 0.3) is 0 Å². The molecule has 20 heavy (non-hydrogen) atoms. The summed E-state index contributed by atoms with van der Waals surface area (Å²) in [5.74, 6) is 0. The van der Waals surface area contributed by atoms with E-state index in [0.29, 0.717) is 5.69 Å². The van der Waals surface area contributed by atoms with E-state index < -0.39 is 10.0 Å². The summed E-state index contributed by atoms with van der Waals surface area (Å²) in [6.07, 6.45) is 0.724. The summed E-state index contributed by atoms with van der Waals surface area (Å²) in [4.78, 5) is -0.0300. The lowest BCUT2D eigenvalue weighted by Crippen LogP contribution is -2.14. The van der Waals surface area contributed by atoms with Crippen molar-refractivity contribution in [3.63, 3.8) is 0 Å². The van der Waals surface area contributed by atoms with Crippen molar-refractivity contribution < 1.29 is 8.42 Å². The lowest BCUT2D eigenvalue weighted by Gasteiger charge is -2.12. The quantitative estimate of drug-likeness (QED) is 0.905. The van der Waals surface area contributed by atoms with Crippen molar-refractivity contribution in [3.05, 3.63) is 58.1 Å². The van der Waals surface area contributed by atoms with Crippen LogP contribution in [-0.4, -0.2) is 8.42 Å². The smallest absolute Gasteiger partial charge is 0.263 e. The zero-order valence-electron chi connectivity index (χ0n) is 10.7. The van der Waals surface area contributed by atoms with Gasteiger partial charge in [0.05, 0.1) is 15.7 Å². The molecule has 0 bridgehead atoms. The molecule has 0 fully saturated rings. The molecule has 0 aliphatic carbocycles. The minimum Gasteiger partial charge on any atom is -0.279 e. The molecule has 0 aromatic heterocycles. The first-order valence-electron chi connectivity index (χ1n) is 6.00. The lowest BCUT2D eigenvalue weighted by atomic mass is 10.1. The predicted molar refractivity (Wildman–Crippen MR) is 83.1 cm³/mol. The molecular formula is C14H13Cl2NO2S. The molecule has 0 heterocycles. The van der Waals surface area contributed by atoms with Gasteiger partial charge in [-0.25, -0.2) is 8.42 Å². The third kappa shape index (κ3) is 3.08. The summed E-state index contributed by atoms with van der Waals surface area (Å²) in [5, 5.41) is 0.231. The average molecular weight is 330 g/mol. The van der Waals surface area contributed by atoms with Crippen molar-refractivity contribution in [1.29, 1.82) is 0 Å². The average Bonchev–Trinajstić information content (AvgIpc) is 2.42. The highest BCUT2D eigenvalue weighted by molar-refractivity contribution is 7.92. The Morgan fingerprint density at radius 3 is 2.45 bits per heavy atom. The largest absolute Gasteiger partial charge is 0.279 e. The third-order valence-corrected chi connectivity index (χ3v) is 5.19. The number of aryl methyl sites for hydroxylation is 1. The Hall–Kier alpha value is -1.23. The highest BCUT2D eigenvalue weighted by Gasteiger charge is 2.20. The molecule has 0 saturated heterocycles. The van der Waals surface area contributed by atoms with Gasteiger partial charge in [0.1, 0.15) is 4.90 Å². The van der Waals surface area contributed by atoms with Gasteiger partial charge in [-0.3, -0.25) is 4.72 Å². The number of hydrogen-bond donors (Lipinski definition) is 1. The van der Waals surface area contributed by atoms with Crippen LogP contribution in [0.3, 0.4) is 0 Å². The van der Waals surface area contributed by atoms with E-state index in [2.05, 4.69) is 4.72 Å². The van der Waals surface area contributed by atoms with Gasteiger partial charge < -0.3 is 0 Å². The summed E-state index contributed by atoms with van der Waals surface area (Å²) >= 11 is 11.8. The van der Waals surface area contributed by atoms with Crippen molar-refractivity contribution in [2.75, 3.05) is 4.72 Å². The normalized spacial score (nSPS) is 11.3. The minimum absolute atomic E-state index is 0.0237. The van der Waals surface area contributed by atoms with E-state index >= 15 is 0 Å². The monoisotopic (exact) mass is 329 g/mol. The fourth-order valence-electron chi connectivity index (χ4n) is 1.82. The topological polar surface area (TPSA) is 46.2 Å². The van der Waals surface area contributed by atoms with Crippen molar-refractivity contribution in [1.82, 2.24) is 0 Å². The maximum absolute atomic E-state index is 12.4. The molecule has 2 aromatic carbocycles. The van der Waals surface area contributed by atoms with Crippen LogP contribution in [0.2, 0.25) is 10.0 Å². The zero-order valence-corrected chi connectivity index (χ0v) is 13.1.